The normalized spacial score (nSPS) is 20.3. The molecule has 1 N–H and O–H groups in total. The van der Waals surface area contributed by atoms with Crippen LogP contribution >= 0.6 is 0 Å². The van der Waals surface area contributed by atoms with E-state index in [-0.39, 0.29) is 12.1 Å². The van der Waals surface area contributed by atoms with Gasteiger partial charge in [0.25, 0.3) is 0 Å². The first-order valence-electron chi connectivity index (χ1n) is 6.25. The van der Waals surface area contributed by atoms with Crippen LogP contribution in [0.25, 0.3) is 0 Å². The monoisotopic (exact) mass is 226 g/mol. The van der Waals surface area contributed by atoms with Crippen molar-refractivity contribution >= 4 is 5.97 Å². The Hall–Kier alpha value is -0.830. The maximum absolute atomic E-state index is 11.6. The van der Waals surface area contributed by atoms with Crippen LogP contribution in [-0.2, 0) is 9.53 Å². The van der Waals surface area contributed by atoms with Gasteiger partial charge in [0, 0.05) is 12.0 Å². The lowest BCUT2D eigenvalue weighted by Gasteiger charge is -2.06. The van der Waals surface area contributed by atoms with E-state index < -0.39 is 0 Å². The molecular formula is C13H22O3. The number of unbranched alkanes of at least 4 members (excludes halogenated alkanes) is 2. The largest absolute Gasteiger partial charge is 0.463 e. The van der Waals surface area contributed by atoms with Crippen LogP contribution in [0.5, 0.6) is 0 Å². The zero-order valence-corrected chi connectivity index (χ0v) is 10.3. The molecule has 0 aromatic heterocycles. The van der Waals surface area contributed by atoms with Crippen LogP contribution in [0.1, 0.15) is 52.4 Å². The van der Waals surface area contributed by atoms with Crippen LogP contribution in [0, 0.1) is 0 Å². The summed E-state index contributed by atoms with van der Waals surface area (Å²) in [6.07, 6.45) is 5.12. The molecule has 1 aliphatic carbocycles. The van der Waals surface area contributed by atoms with E-state index in [1.54, 1.807) is 6.92 Å². The van der Waals surface area contributed by atoms with Crippen molar-refractivity contribution in [3.8, 4) is 0 Å². The molecule has 0 aromatic carbocycles. The lowest BCUT2D eigenvalue weighted by molar-refractivity contribution is -0.138. The summed E-state index contributed by atoms with van der Waals surface area (Å²) in [5.41, 5.74) is 1.84. The van der Waals surface area contributed by atoms with E-state index in [0.29, 0.717) is 19.4 Å². The summed E-state index contributed by atoms with van der Waals surface area (Å²) in [4.78, 5) is 11.6. The number of carbonyl (C=O) groups excluding carboxylic acids is 1. The van der Waals surface area contributed by atoms with Crippen LogP contribution in [0.2, 0.25) is 0 Å². The number of aliphatic hydroxyl groups excluding tert-OH is 1. The maximum Gasteiger partial charge on any atom is 0.334 e. The predicted molar refractivity (Wildman–Crippen MR) is 63.0 cm³/mol. The second kappa shape index (κ2) is 6.69. The molecular weight excluding hydrogens is 204 g/mol. The molecule has 1 rings (SSSR count). The Morgan fingerprint density at radius 2 is 2.12 bits per heavy atom. The molecule has 1 unspecified atom stereocenters. The smallest absolute Gasteiger partial charge is 0.334 e. The highest BCUT2D eigenvalue weighted by atomic mass is 16.5. The summed E-state index contributed by atoms with van der Waals surface area (Å²) in [6, 6.07) is 0. The van der Waals surface area contributed by atoms with Crippen LogP contribution in [0.4, 0.5) is 0 Å². The summed E-state index contributed by atoms with van der Waals surface area (Å²) in [6.45, 7) is 4.37. The van der Waals surface area contributed by atoms with Crippen LogP contribution < -0.4 is 0 Å². The molecule has 1 atom stereocenters. The van der Waals surface area contributed by atoms with Crippen molar-refractivity contribution in [1.82, 2.24) is 0 Å². The molecule has 0 spiro atoms. The molecule has 0 aromatic rings. The molecule has 0 aliphatic heterocycles. The Balaban J connectivity index is 2.58. The van der Waals surface area contributed by atoms with Gasteiger partial charge in [0.05, 0.1) is 12.7 Å². The first-order chi connectivity index (χ1) is 7.69. The van der Waals surface area contributed by atoms with Gasteiger partial charge in [-0.05, 0) is 26.2 Å². The maximum atomic E-state index is 11.6. The zero-order valence-electron chi connectivity index (χ0n) is 10.3. The number of hydrogen-bond acceptors (Lipinski definition) is 3. The van der Waals surface area contributed by atoms with Gasteiger partial charge in [-0.2, -0.15) is 0 Å². The molecule has 0 radical (unpaired) electrons. The molecule has 92 valence electrons. The van der Waals surface area contributed by atoms with Crippen LogP contribution in [0.3, 0.4) is 0 Å². The van der Waals surface area contributed by atoms with E-state index in [9.17, 15) is 9.90 Å². The van der Waals surface area contributed by atoms with Gasteiger partial charge in [0.1, 0.15) is 0 Å². The van der Waals surface area contributed by atoms with Gasteiger partial charge in [0.2, 0.25) is 0 Å². The third-order valence-corrected chi connectivity index (χ3v) is 2.95. The summed E-state index contributed by atoms with van der Waals surface area (Å²) < 4.78 is 5.00. The SMILES string of the molecule is CCCCCC1=C(C(=O)OCC)CC(O)C1. The van der Waals surface area contributed by atoms with Crippen molar-refractivity contribution in [3.63, 3.8) is 0 Å². The van der Waals surface area contributed by atoms with Gasteiger partial charge < -0.3 is 9.84 Å². The van der Waals surface area contributed by atoms with Crippen molar-refractivity contribution in [3.05, 3.63) is 11.1 Å². The van der Waals surface area contributed by atoms with Crippen molar-refractivity contribution < 1.29 is 14.6 Å². The standard InChI is InChI=1S/C13H22O3/c1-3-5-6-7-10-8-11(14)9-12(10)13(15)16-4-2/h11,14H,3-9H2,1-2H3. The predicted octanol–water partition coefficient (Wildman–Crippen LogP) is 2.58. The summed E-state index contributed by atoms with van der Waals surface area (Å²) in [7, 11) is 0. The summed E-state index contributed by atoms with van der Waals surface area (Å²) in [5.74, 6) is -0.231. The third kappa shape index (κ3) is 3.63. The molecule has 0 saturated heterocycles. The molecule has 0 heterocycles. The number of ether oxygens (including phenoxy) is 1. The van der Waals surface area contributed by atoms with E-state index in [4.69, 9.17) is 4.74 Å². The van der Waals surface area contributed by atoms with Crippen molar-refractivity contribution in [1.29, 1.82) is 0 Å². The van der Waals surface area contributed by atoms with Gasteiger partial charge in [-0.3, -0.25) is 0 Å². The molecule has 0 bridgehead atoms. The Morgan fingerprint density at radius 1 is 1.38 bits per heavy atom. The first-order valence-corrected chi connectivity index (χ1v) is 6.25. The molecule has 3 nitrogen and oxygen atoms in total. The fraction of sp³-hybridized carbons (Fsp3) is 0.769. The van der Waals surface area contributed by atoms with Crippen molar-refractivity contribution in [2.45, 2.75) is 58.5 Å². The average molecular weight is 226 g/mol. The Kier molecular flexibility index (Phi) is 5.53. The lowest BCUT2D eigenvalue weighted by atomic mass is 10.0. The Bertz CT molecular complexity index is 268. The quantitative estimate of drug-likeness (QED) is 0.559. The molecule has 16 heavy (non-hydrogen) atoms. The van der Waals surface area contributed by atoms with E-state index in [0.717, 1.165) is 24.0 Å². The molecule has 3 heteroatoms. The fourth-order valence-electron chi connectivity index (χ4n) is 2.15. The molecule has 1 aliphatic rings. The third-order valence-electron chi connectivity index (χ3n) is 2.95. The van der Waals surface area contributed by atoms with Crippen LogP contribution in [-0.4, -0.2) is 23.8 Å². The Labute approximate surface area is 97.5 Å². The van der Waals surface area contributed by atoms with E-state index >= 15 is 0 Å². The summed E-state index contributed by atoms with van der Waals surface area (Å²) >= 11 is 0. The molecule has 0 saturated carbocycles. The average Bonchev–Trinajstić information content (AvgIpc) is 2.61. The van der Waals surface area contributed by atoms with Crippen molar-refractivity contribution in [2.24, 2.45) is 0 Å². The highest BCUT2D eigenvalue weighted by Gasteiger charge is 2.27. The Morgan fingerprint density at radius 3 is 2.75 bits per heavy atom. The zero-order chi connectivity index (χ0) is 12.0. The van der Waals surface area contributed by atoms with Gasteiger partial charge in [-0.1, -0.05) is 25.3 Å². The number of rotatable bonds is 6. The number of esters is 1. The minimum Gasteiger partial charge on any atom is -0.463 e. The van der Waals surface area contributed by atoms with Crippen LogP contribution in [0.15, 0.2) is 11.1 Å². The van der Waals surface area contributed by atoms with Gasteiger partial charge in [-0.15, -0.1) is 0 Å². The molecule has 0 fully saturated rings. The van der Waals surface area contributed by atoms with Gasteiger partial charge in [-0.25, -0.2) is 4.79 Å². The second-order valence-electron chi connectivity index (χ2n) is 4.32. The minimum atomic E-state index is -0.379. The fourth-order valence-corrected chi connectivity index (χ4v) is 2.15. The minimum absolute atomic E-state index is 0.231. The van der Waals surface area contributed by atoms with E-state index in [1.165, 1.54) is 12.8 Å². The number of carbonyl (C=O) groups is 1. The highest BCUT2D eigenvalue weighted by molar-refractivity contribution is 5.90. The van der Waals surface area contributed by atoms with Gasteiger partial charge >= 0.3 is 5.97 Å². The first kappa shape index (κ1) is 13.2. The van der Waals surface area contributed by atoms with E-state index in [1.807, 2.05) is 0 Å². The lowest BCUT2D eigenvalue weighted by Crippen LogP contribution is -2.09. The van der Waals surface area contributed by atoms with Crippen molar-refractivity contribution in [2.75, 3.05) is 6.61 Å². The number of hydrogen-bond donors (Lipinski definition) is 1. The number of aliphatic hydroxyl groups is 1. The second-order valence-corrected chi connectivity index (χ2v) is 4.32. The highest BCUT2D eigenvalue weighted by Crippen LogP contribution is 2.31. The van der Waals surface area contributed by atoms with Gasteiger partial charge in [0.15, 0.2) is 0 Å². The summed E-state index contributed by atoms with van der Waals surface area (Å²) in [5, 5.41) is 9.59. The van der Waals surface area contributed by atoms with E-state index in [2.05, 4.69) is 6.92 Å². The topological polar surface area (TPSA) is 46.5 Å². The molecule has 0 amide bonds.